The van der Waals surface area contributed by atoms with Gasteiger partial charge in [-0.1, -0.05) is 6.07 Å². The Balaban J connectivity index is 1.75. The molecule has 2 aromatic rings. The number of nitro benzene ring substituents is 1. The maximum atomic E-state index is 13.7. The molecule has 1 aliphatic rings. The number of para-hydroxylation sites is 1. The lowest BCUT2D eigenvalue weighted by Gasteiger charge is -2.28. The quantitative estimate of drug-likeness (QED) is 0.399. The number of esters is 1. The maximum absolute atomic E-state index is 13.7. The number of fused-ring (bicyclic) bond motifs is 1. The molecule has 0 fully saturated rings. The summed E-state index contributed by atoms with van der Waals surface area (Å²) in [5, 5.41) is 11.1. The van der Waals surface area contributed by atoms with Crippen LogP contribution in [0.25, 0.3) is 0 Å². The molecule has 0 radical (unpaired) electrons. The van der Waals surface area contributed by atoms with Gasteiger partial charge in [0.25, 0.3) is 5.91 Å². The van der Waals surface area contributed by atoms with Gasteiger partial charge in [-0.2, -0.15) is 4.39 Å². The predicted molar refractivity (Wildman–Crippen MR) is 100 cm³/mol. The molecule has 0 unspecified atom stereocenters. The third-order valence-corrected chi connectivity index (χ3v) is 4.50. The van der Waals surface area contributed by atoms with Gasteiger partial charge in [0.15, 0.2) is 0 Å². The van der Waals surface area contributed by atoms with Crippen molar-refractivity contribution >= 4 is 17.6 Å². The Labute approximate surface area is 166 Å². The highest BCUT2D eigenvalue weighted by molar-refractivity contribution is 5.97. The topological polar surface area (TPSA) is 99.0 Å². The number of hydrogen-bond acceptors (Lipinski definition) is 6. The Morgan fingerprint density at radius 1 is 1.31 bits per heavy atom. The molecule has 1 heterocycles. The second-order valence-electron chi connectivity index (χ2n) is 6.36. The van der Waals surface area contributed by atoms with Gasteiger partial charge in [-0.3, -0.25) is 19.7 Å². The number of hydrogen-bond donors (Lipinski definition) is 0. The molecule has 1 aliphatic heterocycles. The van der Waals surface area contributed by atoms with Crippen LogP contribution in [-0.4, -0.2) is 41.4 Å². The minimum Gasteiger partial charge on any atom is -0.466 e. The number of amides is 1. The molecule has 0 bridgehead atoms. The van der Waals surface area contributed by atoms with Crippen molar-refractivity contribution in [2.45, 2.75) is 19.8 Å². The van der Waals surface area contributed by atoms with Crippen molar-refractivity contribution < 1.29 is 28.4 Å². The van der Waals surface area contributed by atoms with E-state index >= 15 is 0 Å². The van der Waals surface area contributed by atoms with Crippen molar-refractivity contribution in [1.82, 2.24) is 4.90 Å². The molecule has 2 aromatic carbocycles. The smallest absolute Gasteiger partial charge is 0.346 e. The van der Waals surface area contributed by atoms with Gasteiger partial charge in [0, 0.05) is 18.7 Å². The molecule has 0 spiro atoms. The second-order valence-corrected chi connectivity index (χ2v) is 6.36. The standard InChI is InChI=1S/C20H19FN2O6/c1-2-28-18(24)9-11-22-10-8-13-12-14(6-7-15(13)20(22)25)29-17-5-3-4-16(21)19(17)23(26)27/h3-7,12H,2,8-11H2,1H3. The van der Waals surface area contributed by atoms with Crippen molar-refractivity contribution in [2.24, 2.45) is 0 Å². The molecule has 1 amide bonds. The Kier molecular flexibility index (Phi) is 6.06. The summed E-state index contributed by atoms with van der Waals surface area (Å²) in [6.07, 6.45) is 0.658. The molecule has 29 heavy (non-hydrogen) atoms. The normalized spacial score (nSPS) is 13.0. The molecule has 9 heteroatoms. The Hall–Kier alpha value is -3.49. The van der Waals surface area contributed by atoms with Crippen LogP contribution in [-0.2, 0) is 16.0 Å². The van der Waals surface area contributed by atoms with Crippen LogP contribution in [0.3, 0.4) is 0 Å². The number of benzene rings is 2. The largest absolute Gasteiger partial charge is 0.466 e. The molecular weight excluding hydrogens is 383 g/mol. The Morgan fingerprint density at radius 2 is 2.10 bits per heavy atom. The summed E-state index contributed by atoms with van der Waals surface area (Å²) in [6, 6.07) is 8.30. The summed E-state index contributed by atoms with van der Waals surface area (Å²) >= 11 is 0. The van der Waals surface area contributed by atoms with E-state index in [9.17, 15) is 24.1 Å². The van der Waals surface area contributed by atoms with Gasteiger partial charge in [0.2, 0.25) is 11.6 Å². The van der Waals surface area contributed by atoms with Crippen molar-refractivity contribution in [2.75, 3.05) is 19.7 Å². The number of ether oxygens (including phenoxy) is 2. The van der Waals surface area contributed by atoms with Crippen LogP contribution >= 0.6 is 0 Å². The highest BCUT2D eigenvalue weighted by Crippen LogP contribution is 2.34. The van der Waals surface area contributed by atoms with Crippen LogP contribution < -0.4 is 4.74 Å². The van der Waals surface area contributed by atoms with E-state index in [4.69, 9.17) is 9.47 Å². The van der Waals surface area contributed by atoms with Crippen LogP contribution in [0.2, 0.25) is 0 Å². The average molecular weight is 402 g/mol. The van der Waals surface area contributed by atoms with Gasteiger partial charge in [-0.05, 0) is 49.2 Å². The fraction of sp³-hybridized carbons (Fsp3) is 0.300. The highest BCUT2D eigenvalue weighted by atomic mass is 19.1. The maximum Gasteiger partial charge on any atom is 0.346 e. The average Bonchev–Trinajstić information content (AvgIpc) is 2.67. The Bertz CT molecular complexity index is 962. The van der Waals surface area contributed by atoms with E-state index in [0.717, 1.165) is 11.6 Å². The zero-order valence-electron chi connectivity index (χ0n) is 15.7. The molecule has 0 N–H and O–H groups in total. The van der Waals surface area contributed by atoms with Crippen LogP contribution in [0, 0.1) is 15.9 Å². The summed E-state index contributed by atoms with van der Waals surface area (Å²) in [6.45, 7) is 2.71. The number of nitrogens with zero attached hydrogens (tertiary/aromatic N) is 2. The molecular formula is C20H19FN2O6. The molecule has 0 saturated carbocycles. The van der Waals surface area contributed by atoms with Crippen molar-refractivity contribution in [3.8, 4) is 11.5 Å². The molecule has 0 aliphatic carbocycles. The molecule has 3 rings (SSSR count). The van der Waals surface area contributed by atoms with Crippen LogP contribution in [0.1, 0.15) is 29.3 Å². The first kappa shape index (κ1) is 20.2. The molecule has 0 aromatic heterocycles. The predicted octanol–water partition coefficient (Wildman–Crippen LogP) is 3.48. The monoisotopic (exact) mass is 402 g/mol. The van der Waals surface area contributed by atoms with E-state index in [1.54, 1.807) is 24.0 Å². The number of nitro groups is 1. The lowest BCUT2D eigenvalue weighted by atomic mass is 9.98. The number of carbonyl (C=O) groups is 2. The van der Waals surface area contributed by atoms with Crippen molar-refractivity contribution in [1.29, 1.82) is 0 Å². The molecule has 8 nitrogen and oxygen atoms in total. The number of halogens is 1. The first-order chi connectivity index (χ1) is 13.9. The summed E-state index contributed by atoms with van der Waals surface area (Å²) < 4.78 is 24.1. The second kappa shape index (κ2) is 8.68. The summed E-state index contributed by atoms with van der Waals surface area (Å²) in [5.41, 5.74) is 0.451. The van der Waals surface area contributed by atoms with Gasteiger partial charge in [0.05, 0.1) is 18.0 Å². The van der Waals surface area contributed by atoms with E-state index in [1.165, 1.54) is 18.2 Å². The summed E-state index contributed by atoms with van der Waals surface area (Å²) in [4.78, 5) is 36.0. The van der Waals surface area contributed by atoms with Crippen LogP contribution in [0.5, 0.6) is 11.5 Å². The minimum atomic E-state index is -0.988. The van der Waals surface area contributed by atoms with Crippen LogP contribution in [0.4, 0.5) is 10.1 Å². The fourth-order valence-electron chi connectivity index (χ4n) is 3.13. The summed E-state index contributed by atoms with van der Waals surface area (Å²) in [5.74, 6) is -1.50. The number of rotatable bonds is 7. The first-order valence-electron chi connectivity index (χ1n) is 9.09. The lowest BCUT2D eigenvalue weighted by Crippen LogP contribution is -2.39. The van der Waals surface area contributed by atoms with Gasteiger partial charge in [0.1, 0.15) is 5.75 Å². The molecule has 0 atom stereocenters. The van der Waals surface area contributed by atoms with E-state index in [2.05, 4.69) is 0 Å². The highest BCUT2D eigenvalue weighted by Gasteiger charge is 2.26. The van der Waals surface area contributed by atoms with E-state index in [1.807, 2.05) is 0 Å². The third kappa shape index (κ3) is 4.50. The van der Waals surface area contributed by atoms with Crippen LogP contribution in [0.15, 0.2) is 36.4 Å². The zero-order valence-corrected chi connectivity index (χ0v) is 15.7. The lowest BCUT2D eigenvalue weighted by molar-refractivity contribution is -0.388. The Morgan fingerprint density at radius 3 is 2.83 bits per heavy atom. The van der Waals surface area contributed by atoms with Gasteiger partial charge < -0.3 is 14.4 Å². The number of carbonyl (C=O) groups excluding carboxylic acids is 2. The summed E-state index contributed by atoms with van der Waals surface area (Å²) in [7, 11) is 0. The third-order valence-electron chi connectivity index (χ3n) is 4.50. The van der Waals surface area contributed by atoms with E-state index in [0.29, 0.717) is 25.1 Å². The van der Waals surface area contributed by atoms with Gasteiger partial charge >= 0.3 is 11.7 Å². The van der Waals surface area contributed by atoms with Gasteiger partial charge in [-0.25, -0.2) is 0 Å². The molecule has 0 saturated heterocycles. The molecule has 152 valence electrons. The van der Waals surface area contributed by atoms with Gasteiger partial charge in [-0.15, -0.1) is 0 Å². The van der Waals surface area contributed by atoms with E-state index < -0.39 is 16.4 Å². The van der Waals surface area contributed by atoms with Crippen molar-refractivity contribution in [3.05, 3.63) is 63.5 Å². The zero-order chi connectivity index (χ0) is 21.0. The minimum absolute atomic E-state index is 0.124. The first-order valence-corrected chi connectivity index (χ1v) is 9.09. The fourth-order valence-corrected chi connectivity index (χ4v) is 3.13. The SMILES string of the molecule is CCOC(=O)CCN1CCc2cc(Oc3cccc(F)c3[N+](=O)[O-])ccc2C1=O. The van der Waals surface area contributed by atoms with Crippen molar-refractivity contribution in [3.63, 3.8) is 0 Å². The van der Waals surface area contributed by atoms with E-state index in [-0.39, 0.29) is 36.3 Å².